The van der Waals surface area contributed by atoms with E-state index in [0.29, 0.717) is 28.0 Å². The van der Waals surface area contributed by atoms with Crippen LogP contribution >= 0.6 is 15.9 Å². The molecule has 166 valence electrons. The van der Waals surface area contributed by atoms with E-state index in [1.54, 1.807) is 30.5 Å². The van der Waals surface area contributed by atoms with Gasteiger partial charge in [-0.25, -0.2) is 9.78 Å². The third kappa shape index (κ3) is 4.91. The van der Waals surface area contributed by atoms with Gasteiger partial charge in [0.05, 0.1) is 17.1 Å². The van der Waals surface area contributed by atoms with Crippen LogP contribution in [0.5, 0.6) is 5.75 Å². The van der Waals surface area contributed by atoms with E-state index in [4.69, 9.17) is 14.8 Å². The molecule has 4 rings (SSSR count). The van der Waals surface area contributed by atoms with Crippen LogP contribution in [0.25, 0.3) is 10.9 Å². The Hall–Kier alpha value is -3.00. The number of benzene rings is 2. The summed E-state index contributed by atoms with van der Waals surface area (Å²) < 4.78 is 7.66. The highest BCUT2D eigenvalue weighted by molar-refractivity contribution is 9.10. The van der Waals surface area contributed by atoms with Gasteiger partial charge in [-0.3, -0.25) is 4.79 Å². The van der Waals surface area contributed by atoms with Crippen LogP contribution in [0.15, 0.2) is 56.8 Å². The minimum Gasteiger partial charge on any atom is -0.479 e. The Morgan fingerprint density at radius 1 is 1.25 bits per heavy atom. The van der Waals surface area contributed by atoms with Crippen molar-refractivity contribution in [2.24, 2.45) is 5.10 Å². The van der Waals surface area contributed by atoms with Crippen LogP contribution < -0.4 is 10.3 Å². The molecule has 0 aliphatic heterocycles. The molecule has 1 heterocycles. The van der Waals surface area contributed by atoms with E-state index in [1.165, 1.54) is 18.0 Å². The molecule has 1 N–H and O–H groups in total. The Kier molecular flexibility index (Phi) is 6.69. The number of aromatic nitrogens is 2. The Balaban J connectivity index is 1.74. The van der Waals surface area contributed by atoms with Crippen LogP contribution in [-0.2, 0) is 4.79 Å². The first kappa shape index (κ1) is 22.2. The third-order valence-electron chi connectivity index (χ3n) is 5.64. The number of hydrogen-bond acceptors (Lipinski definition) is 5. The molecule has 8 heteroatoms. The van der Waals surface area contributed by atoms with Crippen molar-refractivity contribution in [2.45, 2.75) is 51.0 Å². The molecule has 2 aromatic carbocycles. The highest BCUT2D eigenvalue weighted by atomic mass is 79.9. The Morgan fingerprint density at radius 2 is 2.03 bits per heavy atom. The van der Waals surface area contributed by atoms with E-state index in [2.05, 4.69) is 21.0 Å². The Bertz CT molecular complexity index is 1230. The van der Waals surface area contributed by atoms with Crippen molar-refractivity contribution < 1.29 is 14.6 Å². The van der Waals surface area contributed by atoms with Crippen molar-refractivity contribution in [2.75, 3.05) is 0 Å². The SMILES string of the molecule is C[C@@H](Oc1cccc(C=Nn2c(C3CCCCC3)nc3ccc(Br)cc3c2=O)c1)C(=O)O. The zero-order valence-corrected chi connectivity index (χ0v) is 19.3. The van der Waals surface area contributed by atoms with Crippen LogP contribution in [0.1, 0.15) is 56.3 Å². The molecule has 0 bridgehead atoms. The average molecular weight is 498 g/mol. The first-order chi connectivity index (χ1) is 15.4. The van der Waals surface area contributed by atoms with Crippen molar-refractivity contribution in [1.29, 1.82) is 0 Å². The standard InChI is InChI=1S/C24H24BrN3O4/c1-15(24(30)31)32-19-9-5-6-16(12-19)14-26-28-22(17-7-3-2-4-8-17)27-21-11-10-18(25)13-20(21)23(28)29/h5-6,9-15,17H,2-4,7-8H2,1H3,(H,30,31)/t15-/m1/s1. The minimum absolute atomic E-state index is 0.188. The van der Waals surface area contributed by atoms with Gasteiger partial charge >= 0.3 is 5.97 Å². The predicted octanol–water partition coefficient (Wildman–Crippen LogP) is 4.94. The van der Waals surface area contributed by atoms with Crippen LogP contribution in [0.3, 0.4) is 0 Å². The summed E-state index contributed by atoms with van der Waals surface area (Å²) in [5.41, 5.74) is 1.15. The number of carboxylic acids is 1. The third-order valence-corrected chi connectivity index (χ3v) is 6.14. The summed E-state index contributed by atoms with van der Waals surface area (Å²) in [5, 5.41) is 14.1. The smallest absolute Gasteiger partial charge is 0.344 e. The van der Waals surface area contributed by atoms with E-state index in [9.17, 15) is 9.59 Å². The lowest BCUT2D eigenvalue weighted by Gasteiger charge is -2.22. The number of nitrogens with zero attached hydrogens (tertiary/aromatic N) is 3. The van der Waals surface area contributed by atoms with E-state index in [1.807, 2.05) is 18.2 Å². The second-order valence-corrected chi connectivity index (χ2v) is 8.91. The van der Waals surface area contributed by atoms with Crippen molar-refractivity contribution in [3.05, 3.63) is 68.7 Å². The Labute approximate surface area is 193 Å². The van der Waals surface area contributed by atoms with E-state index >= 15 is 0 Å². The van der Waals surface area contributed by atoms with Gasteiger partial charge in [0, 0.05) is 10.4 Å². The van der Waals surface area contributed by atoms with Crippen LogP contribution in [0.4, 0.5) is 0 Å². The molecule has 1 aliphatic rings. The van der Waals surface area contributed by atoms with Gasteiger partial charge in [0.2, 0.25) is 0 Å². The maximum Gasteiger partial charge on any atom is 0.344 e. The highest BCUT2D eigenvalue weighted by Crippen LogP contribution is 2.32. The number of rotatable bonds is 6. The molecule has 0 unspecified atom stereocenters. The van der Waals surface area contributed by atoms with Crippen LogP contribution in [0.2, 0.25) is 0 Å². The van der Waals surface area contributed by atoms with Gasteiger partial charge in [-0.15, -0.1) is 0 Å². The molecule has 1 aromatic heterocycles. The van der Waals surface area contributed by atoms with E-state index < -0.39 is 12.1 Å². The van der Waals surface area contributed by atoms with Gasteiger partial charge in [0.25, 0.3) is 5.56 Å². The normalized spacial score (nSPS) is 15.8. The molecule has 1 fully saturated rings. The zero-order valence-electron chi connectivity index (χ0n) is 17.7. The molecule has 0 saturated heterocycles. The molecule has 32 heavy (non-hydrogen) atoms. The summed E-state index contributed by atoms with van der Waals surface area (Å²) in [6.45, 7) is 1.47. The molecule has 1 atom stereocenters. The second-order valence-electron chi connectivity index (χ2n) is 8.00. The maximum absolute atomic E-state index is 13.4. The first-order valence-electron chi connectivity index (χ1n) is 10.7. The van der Waals surface area contributed by atoms with Crippen molar-refractivity contribution in [3.8, 4) is 5.75 Å². The lowest BCUT2D eigenvalue weighted by Crippen LogP contribution is -2.25. The van der Waals surface area contributed by atoms with Crippen LogP contribution in [-0.4, -0.2) is 33.1 Å². The molecule has 0 radical (unpaired) electrons. The number of hydrogen-bond donors (Lipinski definition) is 1. The summed E-state index contributed by atoms with van der Waals surface area (Å²) in [6.07, 6.45) is 6.02. The van der Waals surface area contributed by atoms with E-state index in [-0.39, 0.29) is 11.5 Å². The molecular formula is C24H24BrN3O4. The van der Waals surface area contributed by atoms with Crippen molar-refractivity contribution >= 4 is 39.0 Å². The Morgan fingerprint density at radius 3 is 2.78 bits per heavy atom. The number of halogens is 1. The number of aliphatic carboxylic acids is 1. The van der Waals surface area contributed by atoms with Gasteiger partial charge in [0.15, 0.2) is 6.10 Å². The largest absolute Gasteiger partial charge is 0.479 e. The number of carboxylic acid groups (broad SMARTS) is 1. The lowest BCUT2D eigenvalue weighted by atomic mass is 9.88. The molecule has 1 aliphatic carbocycles. The molecule has 7 nitrogen and oxygen atoms in total. The van der Waals surface area contributed by atoms with Gasteiger partial charge in [-0.1, -0.05) is 47.3 Å². The molecular weight excluding hydrogens is 474 g/mol. The van der Waals surface area contributed by atoms with Gasteiger partial charge in [0.1, 0.15) is 11.6 Å². The van der Waals surface area contributed by atoms with Crippen LogP contribution in [0, 0.1) is 0 Å². The molecule has 3 aromatic rings. The summed E-state index contributed by atoms with van der Waals surface area (Å²) in [4.78, 5) is 29.2. The monoisotopic (exact) mass is 497 g/mol. The van der Waals surface area contributed by atoms with Gasteiger partial charge < -0.3 is 9.84 Å². The summed E-state index contributed by atoms with van der Waals surface area (Å²) >= 11 is 3.43. The zero-order chi connectivity index (χ0) is 22.7. The van der Waals surface area contributed by atoms with Crippen molar-refractivity contribution in [1.82, 2.24) is 9.66 Å². The highest BCUT2D eigenvalue weighted by Gasteiger charge is 2.22. The summed E-state index contributed by atoms with van der Waals surface area (Å²) in [7, 11) is 0. The number of fused-ring (bicyclic) bond motifs is 1. The maximum atomic E-state index is 13.4. The van der Waals surface area contributed by atoms with E-state index in [0.717, 1.165) is 30.2 Å². The topological polar surface area (TPSA) is 93.8 Å². The van der Waals surface area contributed by atoms with Gasteiger partial charge in [-0.2, -0.15) is 9.78 Å². The summed E-state index contributed by atoms with van der Waals surface area (Å²) in [5.74, 6) is 0.255. The summed E-state index contributed by atoms with van der Waals surface area (Å²) in [6, 6.07) is 12.5. The lowest BCUT2D eigenvalue weighted by molar-refractivity contribution is -0.144. The predicted molar refractivity (Wildman–Crippen MR) is 127 cm³/mol. The fraction of sp³-hybridized carbons (Fsp3) is 0.333. The molecule has 0 spiro atoms. The average Bonchev–Trinajstić information content (AvgIpc) is 2.79. The fourth-order valence-electron chi connectivity index (χ4n) is 3.95. The second kappa shape index (κ2) is 9.65. The molecule has 1 saturated carbocycles. The number of ether oxygens (including phenoxy) is 1. The van der Waals surface area contributed by atoms with Gasteiger partial charge in [-0.05, 0) is 55.7 Å². The number of carbonyl (C=O) groups is 1. The minimum atomic E-state index is -1.04. The fourth-order valence-corrected chi connectivity index (χ4v) is 4.31. The van der Waals surface area contributed by atoms with Crippen molar-refractivity contribution in [3.63, 3.8) is 0 Å². The molecule has 0 amide bonds. The first-order valence-corrected chi connectivity index (χ1v) is 11.5. The quantitative estimate of drug-likeness (QED) is 0.486.